The van der Waals surface area contributed by atoms with Gasteiger partial charge in [0.25, 0.3) is 0 Å². The second-order valence-corrected chi connectivity index (χ2v) is 9.37. The summed E-state index contributed by atoms with van der Waals surface area (Å²) in [5.74, 6) is -1.49. The molecule has 4 rings (SSSR count). The van der Waals surface area contributed by atoms with E-state index in [9.17, 15) is 14.3 Å². The molecule has 1 aliphatic carbocycles. The molecule has 0 spiro atoms. The van der Waals surface area contributed by atoms with E-state index in [0.29, 0.717) is 33.9 Å². The third-order valence-corrected chi connectivity index (χ3v) is 6.96. The molecule has 8 heteroatoms. The normalized spacial score (nSPS) is 18.6. The molecule has 0 unspecified atom stereocenters. The smallest absolute Gasteiger partial charge is 0.170 e. The zero-order valence-electron chi connectivity index (χ0n) is 19.3. The highest BCUT2D eigenvalue weighted by Gasteiger charge is 2.28. The quantitative estimate of drug-likeness (QED) is 0.510. The molecule has 0 aliphatic heterocycles. The van der Waals surface area contributed by atoms with E-state index in [1.165, 1.54) is 19.1 Å². The Bertz CT molecular complexity index is 1190. The lowest BCUT2D eigenvalue weighted by Crippen LogP contribution is -2.41. The molecule has 6 nitrogen and oxygen atoms in total. The number of halogens is 2. The molecule has 0 bridgehead atoms. The summed E-state index contributed by atoms with van der Waals surface area (Å²) in [5.41, 5.74) is 3.41. The number of nitrogens with zero attached hydrogens (tertiary/aromatic N) is 4. The van der Waals surface area contributed by atoms with Crippen molar-refractivity contribution >= 4 is 34.1 Å². The van der Waals surface area contributed by atoms with Crippen LogP contribution in [0.5, 0.6) is 5.75 Å². The number of carbonyl (C=O) groups excluding carboxylic acids is 1. The van der Waals surface area contributed by atoms with Crippen LogP contribution in [0, 0.1) is 5.82 Å². The van der Waals surface area contributed by atoms with Crippen LogP contribution >= 0.6 is 11.6 Å². The van der Waals surface area contributed by atoms with Crippen LogP contribution in [0.3, 0.4) is 0 Å². The van der Waals surface area contributed by atoms with Crippen molar-refractivity contribution < 1.29 is 14.3 Å². The molecule has 33 heavy (non-hydrogen) atoms. The SMILES string of the molecule is CC(=O)c1cnc2ccc(-c3cc(F)c(O)c(Cl)c3)nc2c1N(C)C1CCC(N(C)C)CC1. The minimum absolute atomic E-state index is 0.0841. The molecule has 1 saturated carbocycles. The minimum Gasteiger partial charge on any atom is -0.504 e. The highest BCUT2D eigenvalue weighted by atomic mass is 35.5. The van der Waals surface area contributed by atoms with Gasteiger partial charge in [0, 0.05) is 30.9 Å². The van der Waals surface area contributed by atoms with Gasteiger partial charge in [-0.3, -0.25) is 9.78 Å². The summed E-state index contributed by atoms with van der Waals surface area (Å²) in [7, 11) is 6.24. The van der Waals surface area contributed by atoms with Gasteiger partial charge in [-0.25, -0.2) is 9.37 Å². The zero-order valence-corrected chi connectivity index (χ0v) is 20.0. The van der Waals surface area contributed by atoms with E-state index < -0.39 is 11.6 Å². The van der Waals surface area contributed by atoms with Crippen molar-refractivity contribution in [2.45, 2.75) is 44.7 Å². The summed E-state index contributed by atoms with van der Waals surface area (Å²) in [5, 5.41) is 9.59. The molecule has 1 aliphatic rings. The summed E-state index contributed by atoms with van der Waals surface area (Å²) in [4.78, 5) is 26.2. The summed E-state index contributed by atoms with van der Waals surface area (Å²) in [6.45, 7) is 1.53. The van der Waals surface area contributed by atoms with E-state index in [-0.39, 0.29) is 16.8 Å². The maximum Gasteiger partial charge on any atom is 0.170 e. The van der Waals surface area contributed by atoms with Crippen molar-refractivity contribution in [1.29, 1.82) is 0 Å². The van der Waals surface area contributed by atoms with Gasteiger partial charge in [0.15, 0.2) is 17.3 Å². The number of phenolic OH excluding ortho intramolecular Hbond substituents is 1. The van der Waals surface area contributed by atoms with E-state index in [1.54, 1.807) is 18.3 Å². The number of anilines is 1. The number of aromatic nitrogens is 2. The lowest BCUT2D eigenvalue weighted by atomic mass is 9.89. The van der Waals surface area contributed by atoms with Crippen LogP contribution in [0.15, 0.2) is 30.5 Å². The second-order valence-electron chi connectivity index (χ2n) is 8.97. The Labute approximate surface area is 198 Å². The molecule has 0 amide bonds. The van der Waals surface area contributed by atoms with Crippen molar-refractivity contribution in [3.8, 4) is 17.0 Å². The molecule has 1 N–H and O–H groups in total. The first-order valence-corrected chi connectivity index (χ1v) is 11.4. The molecule has 174 valence electrons. The maximum atomic E-state index is 14.1. The van der Waals surface area contributed by atoms with Gasteiger partial charge >= 0.3 is 0 Å². The van der Waals surface area contributed by atoms with Crippen LogP contribution in [-0.4, -0.2) is 59.0 Å². The van der Waals surface area contributed by atoms with Crippen LogP contribution in [0.25, 0.3) is 22.3 Å². The molecule has 0 atom stereocenters. The van der Waals surface area contributed by atoms with Gasteiger partial charge in [-0.05, 0) is 71.0 Å². The highest BCUT2D eigenvalue weighted by Crippen LogP contribution is 2.36. The number of carbonyl (C=O) groups is 1. The third kappa shape index (κ3) is 4.52. The van der Waals surface area contributed by atoms with E-state index in [2.05, 4.69) is 28.9 Å². The molecule has 2 aromatic heterocycles. The number of hydrogen-bond acceptors (Lipinski definition) is 6. The molecule has 2 heterocycles. The Kier molecular flexibility index (Phi) is 6.54. The Morgan fingerprint density at radius 3 is 2.39 bits per heavy atom. The van der Waals surface area contributed by atoms with E-state index >= 15 is 0 Å². The third-order valence-electron chi connectivity index (χ3n) is 6.68. The number of pyridine rings is 2. The van der Waals surface area contributed by atoms with E-state index in [0.717, 1.165) is 31.4 Å². The van der Waals surface area contributed by atoms with Crippen LogP contribution in [0.4, 0.5) is 10.1 Å². The number of aromatic hydroxyl groups is 1. The average molecular weight is 471 g/mol. The van der Waals surface area contributed by atoms with Gasteiger partial charge in [0.1, 0.15) is 5.52 Å². The van der Waals surface area contributed by atoms with Crippen molar-refractivity contribution in [2.75, 3.05) is 26.0 Å². The van der Waals surface area contributed by atoms with Gasteiger partial charge in [-0.15, -0.1) is 0 Å². The van der Waals surface area contributed by atoms with Crippen molar-refractivity contribution in [3.05, 3.63) is 46.9 Å². The second kappa shape index (κ2) is 9.23. The zero-order chi connectivity index (χ0) is 23.9. The monoisotopic (exact) mass is 470 g/mol. The van der Waals surface area contributed by atoms with Gasteiger partial charge in [0.2, 0.25) is 0 Å². The van der Waals surface area contributed by atoms with Crippen LogP contribution in [-0.2, 0) is 0 Å². The first-order valence-electron chi connectivity index (χ1n) is 11.1. The fourth-order valence-electron chi connectivity index (χ4n) is 4.69. The molecule has 1 aromatic carbocycles. The van der Waals surface area contributed by atoms with Gasteiger partial charge in [0.05, 0.1) is 27.5 Å². The summed E-state index contributed by atoms with van der Waals surface area (Å²) in [6, 6.07) is 7.05. The van der Waals surface area contributed by atoms with E-state index in [4.69, 9.17) is 16.6 Å². The van der Waals surface area contributed by atoms with Crippen LogP contribution < -0.4 is 4.90 Å². The van der Waals surface area contributed by atoms with Crippen LogP contribution in [0.2, 0.25) is 5.02 Å². The lowest BCUT2D eigenvalue weighted by Gasteiger charge is -2.38. The van der Waals surface area contributed by atoms with E-state index in [1.807, 2.05) is 7.05 Å². The number of ketones is 1. The highest BCUT2D eigenvalue weighted by molar-refractivity contribution is 6.32. The van der Waals surface area contributed by atoms with Crippen molar-refractivity contribution in [3.63, 3.8) is 0 Å². The Morgan fingerprint density at radius 1 is 1.12 bits per heavy atom. The lowest BCUT2D eigenvalue weighted by molar-refractivity contribution is 0.101. The fourth-order valence-corrected chi connectivity index (χ4v) is 4.89. The number of hydrogen-bond donors (Lipinski definition) is 1. The van der Waals surface area contributed by atoms with Crippen molar-refractivity contribution in [2.24, 2.45) is 0 Å². The average Bonchev–Trinajstić information content (AvgIpc) is 2.80. The van der Waals surface area contributed by atoms with Gasteiger partial charge in [-0.2, -0.15) is 0 Å². The molecule has 3 aromatic rings. The summed E-state index contributed by atoms with van der Waals surface area (Å²) in [6.07, 6.45) is 5.81. The summed E-state index contributed by atoms with van der Waals surface area (Å²) < 4.78 is 14.1. The standard InChI is InChI=1S/C25H28ClFN4O2/c1-14(32)18-13-28-22-10-9-21(15-11-19(26)25(33)20(27)12-15)29-23(22)24(18)31(4)17-7-5-16(6-8-17)30(2)3/h9-13,16-17,33H,5-8H2,1-4H3. The molecule has 0 saturated heterocycles. The minimum atomic E-state index is -0.815. The Balaban J connectivity index is 1.81. The number of phenols is 1. The fraction of sp³-hybridized carbons (Fsp3) is 0.400. The van der Waals surface area contributed by atoms with Crippen molar-refractivity contribution in [1.82, 2.24) is 14.9 Å². The Morgan fingerprint density at radius 2 is 1.79 bits per heavy atom. The Hall–Kier alpha value is -2.77. The van der Waals surface area contributed by atoms with Crippen LogP contribution in [0.1, 0.15) is 43.0 Å². The number of Topliss-reactive ketones (excluding diaryl/α,β-unsaturated/α-hetero) is 1. The predicted octanol–water partition coefficient (Wildman–Crippen LogP) is 5.31. The first kappa shape index (κ1) is 23.4. The van der Waals surface area contributed by atoms with Gasteiger partial charge < -0.3 is 14.9 Å². The molecule has 0 radical (unpaired) electrons. The topological polar surface area (TPSA) is 69.6 Å². The maximum absolute atomic E-state index is 14.1. The largest absolute Gasteiger partial charge is 0.504 e. The number of benzene rings is 1. The number of fused-ring (bicyclic) bond motifs is 1. The molecular weight excluding hydrogens is 443 g/mol. The number of rotatable bonds is 5. The predicted molar refractivity (Wildman–Crippen MR) is 130 cm³/mol. The molecule has 1 fully saturated rings. The summed E-state index contributed by atoms with van der Waals surface area (Å²) >= 11 is 5.98. The first-order chi connectivity index (χ1) is 15.7. The van der Waals surface area contributed by atoms with Gasteiger partial charge in [-0.1, -0.05) is 11.6 Å². The molecular formula is C25H28ClFN4O2.